The van der Waals surface area contributed by atoms with Crippen LogP contribution in [0.3, 0.4) is 0 Å². The number of aromatic nitrogens is 3. The van der Waals surface area contributed by atoms with Crippen LogP contribution in [-0.2, 0) is 0 Å². The molecule has 1 aromatic carbocycles. The molecule has 7 nitrogen and oxygen atoms in total. The molecule has 8 heteroatoms. The molecule has 1 saturated heterocycles. The molecule has 3 heterocycles. The minimum absolute atomic E-state index is 0.0748. The Kier molecular flexibility index (Phi) is 3.96. The Morgan fingerprint density at radius 1 is 1.08 bits per heavy atom. The van der Waals surface area contributed by atoms with Crippen molar-refractivity contribution in [1.82, 2.24) is 13.6 Å². The molecule has 0 bridgehead atoms. The fourth-order valence-electron chi connectivity index (χ4n) is 2.79. The molecule has 1 fully saturated rings. The standard InChI is InChI=1S/C16H16N6OS/c23-16(18-12-4-5-13-14(11-12)20-24-19-13)22-9-7-21(8-10-22)15-3-1-2-6-17-15/h1-6,11H,7-10H2,(H,18,23)/p+1. The quantitative estimate of drug-likeness (QED) is 0.772. The number of hydrogen-bond donors (Lipinski definition) is 1. The monoisotopic (exact) mass is 341 g/mol. The highest BCUT2D eigenvalue weighted by Crippen LogP contribution is 2.18. The number of nitrogens with zero attached hydrogens (tertiary/aromatic N) is 4. The number of anilines is 2. The summed E-state index contributed by atoms with van der Waals surface area (Å²) in [5.41, 5.74) is 2.41. The normalized spacial score (nSPS) is 14.8. The third-order valence-electron chi connectivity index (χ3n) is 4.11. The number of fused-ring (bicyclic) bond motifs is 1. The summed E-state index contributed by atoms with van der Waals surface area (Å²) in [7, 11) is 0. The van der Waals surface area contributed by atoms with Crippen molar-refractivity contribution >= 4 is 40.3 Å². The highest BCUT2D eigenvalue weighted by Gasteiger charge is 2.26. The molecular weight excluding hydrogens is 324 g/mol. The predicted octanol–water partition coefficient (Wildman–Crippen LogP) is 1.86. The first kappa shape index (κ1) is 14.8. The lowest BCUT2D eigenvalue weighted by Gasteiger charge is -2.30. The van der Waals surface area contributed by atoms with Gasteiger partial charge in [-0.3, -0.25) is 4.90 Å². The second-order valence-corrected chi connectivity index (χ2v) is 6.15. The van der Waals surface area contributed by atoms with Crippen molar-refractivity contribution in [2.45, 2.75) is 0 Å². The molecule has 0 saturated carbocycles. The van der Waals surface area contributed by atoms with Crippen LogP contribution >= 0.6 is 11.7 Å². The van der Waals surface area contributed by atoms with E-state index in [0.29, 0.717) is 13.1 Å². The average molecular weight is 341 g/mol. The van der Waals surface area contributed by atoms with Gasteiger partial charge in [-0.25, -0.2) is 9.78 Å². The Morgan fingerprint density at radius 3 is 2.71 bits per heavy atom. The van der Waals surface area contributed by atoms with Gasteiger partial charge in [-0.15, -0.1) is 0 Å². The van der Waals surface area contributed by atoms with Crippen molar-refractivity contribution in [2.24, 2.45) is 0 Å². The summed E-state index contributed by atoms with van der Waals surface area (Å²) >= 11 is 1.18. The van der Waals surface area contributed by atoms with Gasteiger partial charge < -0.3 is 10.2 Å². The number of hydrogen-bond acceptors (Lipinski definition) is 5. The van der Waals surface area contributed by atoms with Crippen LogP contribution in [0.15, 0.2) is 42.6 Å². The lowest BCUT2D eigenvalue weighted by Crippen LogP contribution is -2.51. The molecular formula is C16H17N6OS+. The minimum Gasteiger partial charge on any atom is -0.317 e. The highest BCUT2D eigenvalue weighted by atomic mass is 32.1. The second-order valence-electron chi connectivity index (χ2n) is 5.62. The number of H-pyrrole nitrogens is 1. The van der Waals surface area contributed by atoms with Gasteiger partial charge in [-0.1, -0.05) is 6.07 Å². The summed E-state index contributed by atoms with van der Waals surface area (Å²) in [5, 5.41) is 2.95. The maximum Gasteiger partial charge on any atom is 0.322 e. The highest BCUT2D eigenvalue weighted by molar-refractivity contribution is 7.00. The fraction of sp³-hybridized carbons (Fsp3) is 0.250. The molecule has 0 atom stereocenters. The molecule has 0 unspecified atom stereocenters. The summed E-state index contributed by atoms with van der Waals surface area (Å²) in [6.07, 6.45) is 1.91. The molecule has 1 aliphatic rings. The third kappa shape index (κ3) is 3.00. The Morgan fingerprint density at radius 2 is 1.92 bits per heavy atom. The molecule has 0 spiro atoms. The molecule has 2 N–H and O–H groups in total. The molecule has 0 radical (unpaired) electrons. The van der Waals surface area contributed by atoms with Crippen molar-refractivity contribution in [3.05, 3.63) is 42.6 Å². The molecule has 4 rings (SSSR count). The van der Waals surface area contributed by atoms with Gasteiger partial charge in [0.15, 0.2) is 0 Å². The van der Waals surface area contributed by atoms with Gasteiger partial charge in [-0.05, 0) is 24.3 Å². The van der Waals surface area contributed by atoms with Gasteiger partial charge in [0.25, 0.3) is 5.82 Å². The average Bonchev–Trinajstić information content (AvgIpc) is 3.10. The lowest BCUT2D eigenvalue weighted by molar-refractivity contribution is -0.364. The van der Waals surface area contributed by atoms with Crippen LogP contribution in [0, 0.1) is 0 Å². The van der Waals surface area contributed by atoms with Gasteiger partial charge in [0, 0.05) is 11.8 Å². The van der Waals surface area contributed by atoms with Crippen molar-refractivity contribution in [2.75, 3.05) is 36.4 Å². The maximum absolute atomic E-state index is 12.4. The summed E-state index contributed by atoms with van der Waals surface area (Å²) in [4.78, 5) is 19.8. The van der Waals surface area contributed by atoms with Crippen LogP contribution in [0.2, 0.25) is 0 Å². The van der Waals surface area contributed by atoms with Crippen LogP contribution in [-0.4, -0.2) is 45.9 Å². The molecule has 24 heavy (non-hydrogen) atoms. The van der Waals surface area contributed by atoms with Gasteiger partial charge in [-0.2, -0.15) is 8.75 Å². The number of carbonyl (C=O) groups is 1. The van der Waals surface area contributed by atoms with E-state index in [1.54, 1.807) is 0 Å². The van der Waals surface area contributed by atoms with Crippen molar-refractivity contribution in [3.8, 4) is 0 Å². The topological polar surface area (TPSA) is 75.5 Å². The van der Waals surface area contributed by atoms with Gasteiger partial charge in [0.2, 0.25) is 0 Å². The molecule has 3 aromatic rings. The van der Waals surface area contributed by atoms with Crippen LogP contribution in [0.4, 0.5) is 16.3 Å². The van der Waals surface area contributed by atoms with E-state index in [1.165, 1.54) is 11.7 Å². The van der Waals surface area contributed by atoms with E-state index in [-0.39, 0.29) is 6.03 Å². The Bertz CT molecular complexity index is 844. The number of carbonyl (C=O) groups excluding carboxylic acids is 1. The van der Waals surface area contributed by atoms with E-state index >= 15 is 0 Å². The zero-order chi connectivity index (χ0) is 16.4. The predicted molar refractivity (Wildman–Crippen MR) is 93.2 cm³/mol. The number of pyridine rings is 1. The first-order valence-electron chi connectivity index (χ1n) is 7.79. The first-order valence-corrected chi connectivity index (χ1v) is 8.52. The zero-order valence-corrected chi connectivity index (χ0v) is 13.8. The zero-order valence-electron chi connectivity index (χ0n) is 13.0. The van der Waals surface area contributed by atoms with Crippen LogP contribution in [0.25, 0.3) is 11.0 Å². The smallest absolute Gasteiger partial charge is 0.317 e. The van der Waals surface area contributed by atoms with E-state index in [2.05, 4.69) is 23.9 Å². The van der Waals surface area contributed by atoms with Gasteiger partial charge in [0.1, 0.15) is 24.1 Å². The summed E-state index contributed by atoms with van der Waals surface area (Å²) < 4.78 is 8.36. The van der Waals surface area contributed by atoms with E-state index in [9.17, 15) is 4.79 Å². The Labute approximate surface area is 143 Å². The van der Waals surface area contributed by atoms with E-state index in [4.69, 9.17) is 0 Å². The lowest BCUT2D eigenvalue weighted by atomic mass is 10.2. The summed E-state index contributed by atoms with van der Waals surface area (Å²) in [5.74, 6) is 1.08. The van der Waals surface area contributed by atoms with Crippen molar-refractivity contribution < 1.29 is 9.78 Å². The number of urea groups is 1. The molecule has 1 aliphatic heterocycles. The van der Waals surface area contributed by atoms with Crippen LogP contribution in [0.1, 0.15) is 0 Å². The van der Waals surface area contributed by atoms with Crippen molar-refractivity contribution in [3.63, 3.8) is 0 Å². The number of amides is 2. The van der Waals surface area contributed by atoms with E-state index in [1.807, 2.05) is 47.5 Å². The van der Waals surface area contributed by atoms with Crippen molar-refractivity contribution in [1.29, 1.82) is 0 Å². The fourth-order valence-corrected chi connectivity index (χ4v) is 3.31. The number of piperazine rings is 1. The number of aromatic amines is 1. The third-order valence-corrected chi connectivity index (χ3v) is 4.66. The Balaban J connectivity index is 1.37. The Hall–Kier alpha value is -2.74. The van der Waals surface area contributed by atoms with Gasteiger partial charge >= 0.3 is 6.03 Å². The minimum atomic E-state index is -0.0748. The van der Waals surface area contributed by atoms with E-state index in [0.717, 1.165) is 35.6 Å². The number of benzene rings is 1. The molecule has 0 aliphatic carbocycles. The van der Waals surface area contributed by atoms with Crippen LogP contribution in [0.5, 0.6) is 0 Å². The van der Waals surface area contributed by atoms with Gasteiger partial charge in [0.05, 0.1) is 31.0 Å². The first-order chi connectivity index (χ1) is 11.8. The largest absolute Gasteiger partial charge is 0.322 e. The molecule has 2 aromatic heterocycles. The van der Waals surface area contributed by atoms with E-state index < -0.39 is 0 Å². The number of rotatable bonds is 2. The number of nitrogens with one attached hydrogen (secondary N) is 2. The second kappa shape index (κ2) is 6.40. The van der Waals surface area contributed by atoms with Crippen LogP contribution < -0.4 is 15.2 Å². The summed E-state index contributed by atoms with van der Waals surface area (Å²) in [6.45, 7) is 3.00. The SMILES string of the molecule is O=C(Nc1ccc2nsnc2c1)N1CCN(c2cccc[nH+]2)CC1. The molecule has 2 amide bonds. The summed E-state index contributed by atoms with van der Waals surface area (Å²) in [6, 6.07) is 11.5. The molecule has 122 valence electrons. The maximum atomic E-state index is 12.4.